The van der Waals surface area contributed by atoms with E-state index in [2.05, 4.69) is 22.1 Å². The van der Waals surface area contributed by atoms with Gasteiger partial charge in [0.25, 0.3) is 0 Å². The Kier molecular flexibility index (Phi) is 10.0. The molecule has 2 aliphatic rings. The highest BCUT2D eigenvalue weighted by atomic mass is 16.5. The van der Waals surface area contributed by atoms with Gasteiger partial charge in [-0.15, -0.1) is 0 Å². The number of hydrogen-bond acceptors (Lipinski definition) is 7. The SMILES string of the molecule is CCCCCCCCC(=O)N1CCN(CCNc2cc3n(c(=O)n2)CCc2cc(OC)c(OC)cc2-3)CC1. The van der Waals surface area contributed by atoms with E-state index in [4.69, 9.17) is 9.47 Å². The third-order valence-electron chi connectivity index (χ3n) is 7.70. The first kappa shape index (κ1) is 28.0. The van der Waals surface area contributed by atoms with Crippen molar-refractivity contribution in [2.24, 2.45) is 0 Å². The molecule has 1 aromatic carbocycles. The van der Waals surface area contributed by atoms with Gasteiger partial charge in [0, 0.05) is 63.9 Å². The number of ether oxygens (including phenoxy) is 2. The average Bonchev–Trinajstić information content (AvgIpc) is 2.94. The van der Waals surface area contributed by atoms with Crippen LogP contribution in [0, 0.1) is 0 Å². The van der Waals surface area contributed by atoms with Crippen LogP contribution in [0.4, 0.5) is 5.82 Å². The van der Waals surface area contributed by atoms with Crippen molar-refractivity contribution >= 4 is 11.7 Å². The van der Waals surface area contributed by atoms with E-state index in [9.17, 15) is 9.59 Å². The van der Waals surface area contributed by atoms with E-state index in [0.29, 0.717) is 42.7 Å². The van der Waals surface area contributed by atoms with E-state index >= 15 is 0 Å². The highest BCUT2D eigenvalue weighted by molar-refractivity contribution is 5.76. The zero-order valence-corrected chi connectivity index (χ0v) is 23.3. The number of piperazine rings is 1. The number of nitrogens with zero attached hydrogens (tertiary/aromatic N) is 4. The molecule has 0 saturated carbocycles. The van der Waals surface area contributed by atoms with Gasteiger partial charge in [-0.1, -0.05) is 39.0 Å². The van der Waals surface area contributed by atoms with Gasteiger partial charge in [-0.05, 0) is 30.5 Å². The maximum atomic E-state index is 12.8. The first-order valence-electron chi connectivity index (χ1n) is 14.1. The summed E-state index contributed by atoms with van der Waals surface area (Å²) in [5.41, 5.74) is 2.69. The Balaban J connectivity index is 1.27. The molecule has 0 bridgehead atoms. The van der Waals surface area contributed by atoms with Gasteiger partial charge in [0.15, 0.2) is 11.5 Å². The number of nitrogens with one attached hydrogen (secondary N) is 1. The second kappa shape index (κ2) is 13.6. The fourth-order valence-electron chi connectivity index (χ4n) is 5.41. The minimum Gasteiger partial charge on any atom is -0.493 e. The van der Waals surface area contributed by atoms with E-state index in [-0.39, 0.29) is 5.69 Å². The molecule has 1 N–H and O–H groups in total. The molecule has 0 radical (unpaired) electrons. The number of rotatable bonds is 13. The van der Waals surface area contributed by atoms with Crippen LogP contribution in [0.3, 0.4) is 0 Å². The minimum absolute atomic E-state index is 0.247. The number of fused-ring (bicyclic) bond motifs is 3. The van der Waals surface area contributed by atoms with Gasteiger partial charge in [0.1, 0.15) is 5.82 Å². The molecule has 208 valence electrons. The number of aromatic nitrogens is 2. The van der Waals surface area contributed by atoms with E-state index in [1.807, 2.05) is 23.1 Å². The van der Waals surface area contributed by atoms with Crippen molar-refractivity contribution in [1.82, 2.24) is 19.4 Å². The molecule has 1 saturated heterocycles. The number of hydrogen-bond donors (Lipinski definition) is 1. The molecule has 3 heterocycles. The lowest BCUT2D eigenvalue weighted by Gasteiger charge is -2.34. The van der Waals surface area contributed by atoms with Crippen LogP contribution in [0.5, 0.6) is 11.5 Å². The third-order valence-corrected chi connectivity index (χ3v) is 7.70. The van der Waals surface area contributed by atoms with Crippen molar-refractivity contribution in [1.29, 1.82) is 0 Å². The molecule has 1 amide bonds. The van der Waals surface area contributed by atoms with Crippen molar-refractivity contribution in [2.75, 3.05) is 58.8 Å². The van der Waals surface area contributed by atoms with Crippen molar-refractivity contribution in [3.8, 4) is 22.8 Å². The van der Waals surface area contributed by atoms with Gasteiger partial charge in [-0.3, -0.25) is 14.3 Å². The number of benzene rings is 1. The predicted octanol–water partition coefficient (Wildman–Crippen LogP) is 3.79. The summed E-state index contributed by atoms with van der Waals surface area (Å²) in [4.78, 5) is 34.0. The molecule has 9 heteroatoms. The molecule has 38 heavy (non-hydrogen) atoms. The topological polar surface area (TPSA) is 88.9 Å². The van der Waals surface area contributed by atoms with E-state index < -0.39 is 0 Å². The highest BCUT2D eigenvalue weighted by Crippen LogP contribution is 2.38. The number of aryl methyl sites for hydroxylation is 1. The van der Waals surface area contributed by atoms with Crippen molar-refractivity contribution in [2.45, 2.75) is 64.8 Å². The number of carbonyl (C=O) groups is 1. The van der Waals surface area contributed by atoms with Crippen molar-refractivity contribution in [3.63, 3.8) is 0 Å². The Hall–Kier alpha value is -3.07. The van der Waals surface area contributed by atoms with Gasteiger partial charge in [0.2, 0.25) is 5.91 Å². The summed E-state index contributed by atoms with van der Waals surface area (Å²) in [5.74, 6) is 2.21. The Labute approximate surface area is 226 Å². The van der Waals surface area contributed by atoms with Crippen LogP contribution in [0.25, 0.3) is 11.3 Å². The highest BCUT2D eigenvalue weighted by Gasteiger charge is 2.23. The molecule has 0 aliphatic carbocycles. The van der Waals surface area contributed by atoms with Crippen LogP contribution in [0.1, 0.15) is 57.4 Å². The van der Waals surface area contributed by atoms with Gasteiger partial charge >= 0.3 is 5.69 Å². The molecule has 2 aliphatic heterocycles. The van der Waals surface area contributed by atoms with E-state index in [0.717, 1.165) is 68.8 Å². The lowest BCUT2D eigenvalue weighted by molar-refractivity contribution is -0.133. The Morgan fingerprint density at radius 2 is 1.66 bits per heavy atom. The molecular weight excluding hydrogens is 482 g/mol. The van der Waals surface area contributed by atoms with Gasteiger partial charge in [-0.2, -0.15) is 4.98 Å². The first-order chi connectivity index (χ1) is 18.5. The summed E-state index contributed by atoms with van der Waals surface area (Å²) in [6, 6.07) is 5.88. The van der Waals surface area contributed by atoms with E-state index in [1.165, 1.54) is 25.7 Å². The molecule has 4 rings (SSSR count). The zero-order chi connectivity index (χ0) is 26.9. The van der Waals surface area contributed by atoms with Gasteiger partial charge < -0.3 is 19.7 Å². The second-order valence-electron chi connectivity index (χ2n) is 10.2. The van der Waals surface area contributed by atoms with Gasteiger partial charge in [0.05, 0.1) is 19.9 Å². The quantitative estimate of drug-likeness (QED) is 0.398. The monoisotopic (exact) mass is 525 g/mol. The zero-order valence-electron chi connectivity index (χ0n) is 23.3. The lowest BCUT2D eigenvalue weighted by Crippen LogP contribution is -2.49. The average molecular weight is 526 g/mol. The first-order valence-corrected chi connectivity index (χ1v) is 14.1. The van der Waals surface area contributed by atoms with Crippen LogP contribution < -0.4 is 20.5 Å². The maximum absolute atomic E-state index is 12.8. The van der Waals surface area contributed by atoms with Gasteiger partial charge in [-0.25, -0.2) is 4.79 Å². The number of unbranched alkanes of at least 4 members (excludes halogenated alkanes) is 5. The molecule has 1 aromatic heterocycles. The van der Waals surface area contributed by atoms with E-state index in [1.54, 1.807) is 18.8 Å². The Morgan fingerprint density at radius 1 is 0.947 bits per heavy atom. The molecule has 0 unspecified atom stereocenters. The summed E-state index contributed by atoms with van der Waals surface area (Å²) in [6.45, 7) is 7.65. The number of carbonyl (C=O) groups excluding carboxylic acids is 1. The van der Waals surface area contributed by atoms with Crippen molar-refractivity contribution in [3.05, 3.63) is 34.2 Å². The van der Waals surface area contributed by atoms with Crippen LogP contribution >= 0.6 is 0 Å². The Bertz CT molecular complexity index is 1140. The number of anilines is 1. The standard InChI is InChI=1S/C29H43N5O4/c1-4-5-6-7-8-9-10-28(35)33-17-15-32(16-18-33)14-12-30-27-21-24-23-20-26(38-3)25(37-2)19-22(23)11-13-34(24)29(36)31-27/h19-21H,4-18H2,1-3H3,(H,30,31,36). The summed E-state index contributed by atoms with van der Waals surface area (Å²) in [7, 11) is 3.25. The fourth-order valence-corrected chi connectivity index (χ4v) is 5.41. The number of methoxy groups -OCH3 is 2. The minimum atomic E-state index is -0.247. The number of amides is 1. The molecule has 2 aromatic rings. The van der Waals surface area contributed by atoms with Crippen LogP contribution in [-0.4, -0.2) is 78.7 Å². The van der Waals surface area contributed by atoms with Crippen molar-refractivity contribution < 1.29 is 14.3 Å². The fraction of sp³-hybridized carbons (Fsp3) is 0.621. The molecule has 0 spiro atoms. The third kappa shape index (κ3) is 6.87. The van der Waals surface area contributed by atoms with Crippen LogP contribution in [0.15, 0.2) is 23.0 Å². The second-order valence-corrected chi connectivity index (χ2v) is 10.2. The summed E-state index contributed by atoms with van der Waals surface area (Å²) >= 11 is 0. The molecular formula is C29H43N5O4. The summed E-state index contributed by atoms with van der Waals surface area (Å²) in [5, 5.41) is 3.35. The Morgan fingerprint density at radius 3 is 2.39 bits per heavy atom. The van der Waals surface area contributed by atoms with Crippen LogP contribution in [-0.2, 0) is 17.8 Å². The summed E-state index contributed by atoms with van der Waals surface area (Å²) < 4.78 is 12.7. The smallest absolute Gasteiger partial charge is 0.349 e. The predicted molar refractivity (Wildman–Crippen MR) is 150 cm³/mol. The maximum Gasteiger partial charge on any atom is 0.349 e. The molecule has 9 nitrogen and oxygen atoms in total. The largest absolute Gasteiger partial charge is 0.493 e. The lowest BCUT2D eigenvalue weighted by atomic mass is 9.97. The molecule has 0 atom stereocenters. The van der Waals surface area contributed by atoms with Crippen LogP contribution in [0.2, 0.25) is 0 Å². The summed E-state index contributed by atoms with van der Waals surface area (Å²) in [6.07, 6.45) is 8.65. The molecule has 1 fully saturated rings. The normalized spacial score (nSPS) is 15.1.